The first-order valence-corrected chi connectivity index (χ1v) is 6.10. The summed E-state index contributed by atoms with van der Waals surface area (Å²) in [5, 5.41) is 8.49. The highest BCUT2D eigenvalue weighted by Gasteiger charge is 2.23. The van der Waals surface area contributed by atoms with Crippen LogP contribution in [0.5, 0.6) is 0 Å². The normalized spacial score (nSPS) is 17.5. The van der Waals surface area contributed by atoms with Crippen LogP contribution in [0.2, 0.25) is 0 Å². The van der Waals surface area contributed by atoms with E-state index in [0.29, 0.717) is 25.4 Å². The van der Waals surface area contributed by atoms with Crippen molar-refractivity contribution >= 4 is 11.9 Å². The number of ether oxygens (including phenoxy) is 1. The van der Waals surface area contributed by atoms with E-state index in [0.717, 1.165) is 12.8 Å². The van der Waals surface area contributed by atoms with Gasteiger partial charge in [-0.25, -0.2) is 4.79 Å². The number of hydrogen-bond acceptors (Lipinski definition) is 3. The van der Waals surface area contributed by atoms with Crippen LogP contribution in [-0.2, 0) is 14.3 Å². The van der Waals surface area contributed by atoms with Crippen molar-refractivity contribution < 1.29 is 19.4 Å². The second-order valence-corrected chi connectivity index (χ2v) is 4.88. The summed E-state index contributed by atoms with van der Waals surface area (Å²) in [5.41, 5.74) is 0. The average molecular weight is 243 g/mol. The standard InChI is InChI=1S/C12H21NO4/c1-9(2)7-11(14)13-5-3-10(4-6-13)17-8-12(15)16/h9-10H,3-8H2,1-2H3,(H,15,16). The van der Waals surface area contributed by atoms with E-state index in [2.05, 4.69) is 0 Å². The van der Waals surface area contributed by atoms with Crippen molar-refractivity contribution in [2.24, 2.45) is 5.92 Å². The number of rotatable bonds is 5. The van der Waals surface area contributed by atoms with Gasteiger partial charge in [-0.05, 0) is 18.8 Å². The van der Waals surface area contributed by atoms with Crippen molar-refractivity contribution in [3.8, 4) is 0 Å². The quantitative estimate of drug-likeness (QED) is 0.786. The van der Waals surface area contributed by atoms with Crippen LogP contribution in [0.15, 0.2) is 0 Å². The SMILES string of the molecule is CC(C)CC(=O)N1CCC(OCC(=O)O)CC1. The molecule has 0 aliphatic carbocycles. The van der Waals surface area contributed by atoms with E-state index in [4.69, 9.17) is 9.84 Å². The van der Waals surface area contributed by atoms with Gasteiger partial charge in [0.2, 0.25) is 5.91 Å². The Balaban J connectivity index is 2.25. The molecular weight excluding hydrogens is 222 g/mol. The lowest BCUT2D eigenvalue weighted by Gasteiger charge is -2.32. The molecule has 0 radical (unpaired) electrons. The maximum Gasteiger partial charge on any atom is 0.329 e. The van der Waals surface area contributed by atoms with Gasteiger partial charge in [0, 0.05) is 19.5 Å². The lowest BCUT2D eigenvalue weighted by atomic mass is 10.1. The minimum absolute atomic E-state index is 0.0193. The fourth-order valence-electron chi connectivity index (χ4n) is 1.94. The molecule has 1 rings (SSSR count). The highest BCUT2D eigenvalue weighted by Crippen LogP contribution is 2.15. The summed E-state index contributed by atoms with van der Waals surface area (Å²) in [5.74, 6) is -0.372. The van der Waals surface area contributed by atoms with E-state index >= 15 is 0 Å². The molecule has 0 unspecified atom stereocenters. The van der Waals surface area contributed by atoms with E-state index in [-0.39, 0.29) is 18.6 Å². The zero-order valence-corrected chi connectivity index (χ0v) is 10.5. The molecule has 1 N–H and O–H groups in total. The van der Waals surface area contributed by atoms with Gasteiger partial charge in [0.05, 0.1) is 6.10 Å². The third-order valence-electron chi connectivity index (χ3n) is 2.82. The second kappa shape index (κ2) is 6.59. The largest absolute Gasteiger partial charge is 0.480 e. The lowest BCUT2D eigenvalue weighted by Crippen LogP contribution is -2.41. The van der Waals surface area contributed by atoms with Gasteiger partial charge in [-0.1, -0.05) is 13.8 Å². The number of likely N-dealkylation sites (tertiary alicyclic amines) is 1. The summed E-state index contributed by atoms with van der Waals surface area (Å²) in [7, 11) is 0. The van der Waals surface area contributed by atoms with E-state index in [1.54, 1.807) is 0 Å². The number of carbonyl (C=O) groups is 2. The molecule has 1 aliphatic rings. The van der Waals surface area contributed by atoms with Crippen molar-refractivity contribution in [3.63, 3.8) is 0 Å². The summed E-state index contributed by atoms with van der Waals surface area (Å²) < 4.78 is 5.22. The minimum atomic E-state index is -0.941. The molecule has 1 saturated heterocycles. The highest BCUT2D eigenvalue weighted by atomic mass is 16.5. The third kappa shape index (κ3) is 5.17. The number of amides is 1. The summed E-state index contributed by atoms with van der Waals surface area (Å²) >= 11 is 0. The first-order valence-electron chi connectivity index (χ1n) is 6.10. The van der Waals surface area contributed by atoms with Gasteiger partial charge >= 0.3 is 5.97 Å². The van der Waals surface area contributed by atoms with Crippen molar-refractivity contribution in [2.45, 2.75) is 39.2 Å². The molecule has 0 aromatic heterocycles. The number of carboxylic acid groups (broad SMARTS) is 1. The minimum Gasteiger partial charge on any atom is -0.480 e. The van der Waals surface area contributed by atoms with Gasteiger partial charge in [0.25, 0.3) is 0 Å². The van der Waals surface area contributed by atoms with Gasteiger partial charge in [-0.3, -0.25) is 4.79 Å². The Bertz CT molecular complexity index is 270. The topological polar surface area (TPSA) is 66.8 Å². The first kappa shape index (κ1) is 14.0. The van der Waals surface area contributed by atoms with Crippen molar-refractivity contribution in [1.29, 1.82) is 0 Å². The predicted octanol–water partition coefficient (Wildman–Crippen LogP) is 1.12. The van der Waals surface area contributed by atoms with Crippen LogP contribution < -0.4 is 0 Å². The number of hydrogen-bond donors (Lipinski definition) is 1. The van der Waals surface area contributed by atoms with E-state index in [1.807, 2.05) is 18.7 Å². The zero-order valence-electron chi connectivity index (χ0n) is 10.5. The van der Waals surface area contributed by atoms with Crippen LogP contribution in [0.3, 0.4) is 0 Å². The van der Waals surface area contributed by atoms with Crippen molar-refractivity contribution in [2.75, 3.05) is 19.7 Å². The molecule has 0 saturated carbocycles. The maximum atomic E-state index is 11.8. The van der Waals surface area contributed by atoms with Crippen LogP contribution in [0.4, 0.5) is 0 Å². The molecule has 0 spiro atoms. The smallest absolute Gasteiger partial charge is 0.329 e. The average Bonchev–Trinajstić information content (AvgIpc) is 2.26. The Kier molecular flexibility index (Phi) is 5.41. The number of carboxylic acids is 1. The predicted molar refractivity (Wildman–Crippen MR) is 62.6 cm³/mol. The molecular formula is C12H21NO4. The number of nitrogens with zero attached hydrogens (tertiary/aromatic N) is 1. The molecule has 1 fully saturated rings. The van der Waals surface area contributed by atoms with Crippen molar-refractivity contribution in [3.05, 3.63) is 0 Å². The first-order chi connectivity index (χ1) is 7.99. The summed E-state index contributed by atoms with van der Waals surface area (Å²) in [6, 6.07) is 0. The maximum absolute atomic E-state index is 11.8. The number of aliphatic carboxylic acids is 1. The van der Waals surface area contributed by atoms with Gasteiger partial charge in [-0.15, -0.1) is 0 Å². The fourth-order valence-corrected chi connectivity index (χ4v) is 1.94. The van der Waals surface area contributed by atoms with Crippen LogP contribution >= 0.6 is 0 Å². The van der Waals surface area contributed by atoms with E-state index in [1.165, 1.54) is 0 Å². The molecule has 98 valence electrons. The zero-order chi connectivity index (χ0) is 12.8. The van der Waals surface area contributed by atoms with Crippen LogP contribution in [-0.4, -0.2) is 47.7 Å². The Hall–Kier alpha value is -1.10. The Labute approximate surface area is 102 Å². The molecule has 0 atom stereocenters. The van der Waals surface area contributed by atoms with Crippen LogP contribution in [0, 0.1) is 5.92 Å². The lowest BCUT2D eigenvalue weighted by molar-refractivity contribution is -0.147. The third-order valence-corrected chi connectivity index (χ3v) is 2.82. The van der Waals surface area contributed by atoms with E-state index in [9.17, 15) is 9.59 Å². The highest BCUT2D eigenvalue weighted by molar-refractivity contribution is 5.76. The molecule has 17 heavy (non-hydrogen) atoms. The number of carbonyl (C=O) groups excluding carboxylic acids is 1. The van der Waals surface area contributed by atoms with Gasteiger partial charge in [0.15, 0.2) is 0 Å². The van der Waals surface area contributed by atoms with Gasteiger partial charge in [-0.2, -0.15) is 0 Å². The summed E-state index contributed by atoms with van der Waals surface area (Å²) in [6.07, 6.45) is 2.03. The van der Waals surface area contributed by atoms with E-state index < -0.39 is 5.97 Å². The molecule has 1 amide bonds. The molecule has 1 heterocycles. The second-order valence-electron chi connectivity index (χ2n) is 4.88. The molecule has 0 aromatic rings. The summed E-state index contributed by atoms with van der Waals surface area (Å²) in [6.45, 7) is 5.16. The van der Waals surface area contributed by atoms with Crippen LogP contribution in [0.25, 0.3) is 0 Å². The Morgan fingerprint density at radius 2 is 1.94 bits per heavy atom. The van der Waals surface area contributed by atoms with Crippen molar-refractivity contribution in [1.82, 2.24) is 4.90 Å². The molecule has 5 heteroatoms. The van der Waals surface area contributed by atoms with Gasteiger partial charge < -0.3 is 14.7 Å². The monoisotopic (exact) mass is 243 g/mol. The Morgan fingerprint density at radius 1 is 1.35 bits per heavy atom. The summed E-state index contributed by atoms with van der Waals surface area (Å²) in [4.78, 5) is 24.0. The fraction of sp³-hybridized carbons (Fsp3) is 0.833. The molecule has 0 bridgehead atoms. The van der Waals surface area contributed by atoms with Gasteiger partial charge in [0.1, 0.15) is 6.61 Å². The Morgan fingerprint density at radius 3 is 2.41 bits per heavy atom. The number of piperidine rings is 1. The van der Waals surface area contributed by atoms with Crippen LogP contribution in [0.1, 0.15) is 33.1 Å². The molecule has 5 nitrogen and oxygen atoms in total. The molecule has 1 aliphatic heterocycles. The molecule has 0 aromatic carbocycles.